The Balaban J connectivity index is 2.03. The van der Waals surface area contributed by atoms with Crippen molar-refractivity contribution in [3.8, 4) is 0 Å². The van der Waals surface area contributed by atoms with Gasteiger partial charge >= 0.3 is 0 Å². The minimum atomic E-state index is 0.662. The zero-order chi connectivity index (χ0) is 11.4. The molecule has 1 aromatic heterocycles. The van der Waals surface area contributed by atoms with Crippen molar-refractivity contribution in [2.45, 2.75) is 58.0 Å². The topological polar surface area (TPSA) is 29.9 Å². The number of hydrogen-bond donors (Lipinski definition) is 1. The van der Waals surface area contributed by atoms with Crippen LogP contribution in [0.2, 0.25) is 0 Å². The van der Waals surface area contributed by atoms with Gasteiger partial charge in [0.15, 0.2) is 0 Å². The van der Waals surface area contributed by atoms with Crippen LogP contribution in [0.3, 0.4) is 0 Å². The lowest BCUT2D eigenvalue weighted by Crippen LogP contribution is -2.35. The molecule has 0 bridgehead atoms. The molecule has 1 heterocycles. The highest BCUT2D eigenvalue weighted by molar-refractivity contribution is 4.96. The molecule has 3 nitrogen and oxygen atoms in total. The first kappa shape index (κ1) is 11.6. The van der Waals surface area contributed by atoms with E-state index in [0.29, 0.717) is 12.1 Å². The summed E-state index contributed by atoms with van der Waals surface area (Å²) in [6, 6.07) is 1.37. The summed E-state index contributed by atoms with van der Waals surface area (Å²) in [5, 5.41) is 3.58. The molecule has 1 fully saturated rings. The van der Waals surface area contributed by atoms with Gasteiger partial charge in [-0.05, 0) is 32.2 Å². The highest BCUT2D eigenvalue weighted by Crippen LogP contribution is 2.29. The van der Waals surface area contributed by atoms with Crippen LogP contribution in [0.1, 0.15) is 51.4 Å². The smallest absolute Gasteiger partial charge is 0.108 e. The minimum absolute atomic E-state index is 0.662. The Morgan fingerprint density at radius 1 is 1.44 bits per heavy atom. The Bertz CT molecular complexity index is 317. The average Bonchev–Trinajstić information content (AvgIpc) is 2.78. The third-order valence-corrected chi connectivity index (χ3v) is 3.60. The van der Waals surface area contributed by atoms with Crippen molar-refractivity contribution < 1.29 is 0 Å². The standard InChI is InChI=1S/C13H23N3/c1-3-13-15-8-9-16(13)12-7-5-6-11(10-12)14-4-2/h8-9,11-12,14H,3-7,10H2,1-2H3. The molecule has 2 atom stereocenters. The first-order valence-corrected chi connectivity index (χ1v) is 6.60. The Hall–Kier alpha value is -0.830. The van der Waals surface area contributed by atoms with Gasteiger partial charge in [0.05, 0.1) is 0 Å². The molecule has 0 aromatic carbocycles. The van der Waals surface area contributed by atoms with E-state index >= 15 is 0 Å². The largest absolute Gasteiger partial charge is 0.332 e. The Labute approximate surface area is 98.3 Å². The third-order valence-electron chi connectivity index (χ3n) is 3.60. The molecule has 90 valence electrons. The summed E-state index contributed by atoms with van der Waals surface area (Å²) in [6.45, 7) is 5.46. The van der Waals surface area contributed by atoms with Crippen LogP contribution in [-0.2, 0) is 6.42 Å². The van der Waals surface area contributed by atoms with E-state index in [1.807, 2.05) is 6.20 Å². The van der Waals surface area contributed by atoms with Gasteiger partial charge in [0.2, 0.25) is 0 Å². The quantitative estimate of drug-likeness (QED) is 0.846. The molecule has 3 heteroatoms. The predicted octanol–water partition coefficient (Wildman–Crippen LogP) is 2.54. The van der Waals surface area contributed by atoms with Crippen LogP contribution in [0, 0.1) is 0 Å². The molecule has 1 saturated carbocycles. The van der Waals surface area contributed by atoms with E-state index in [1.54, 1.807) is 0 Å². The first-order chi connectivity index (χ1) is 7.85. The number of nitrogens with one attached hydrogen (secondary N) is 1. The maximum atomic E-state index is 4.42. The van der Waals surface area contributed by atoms with Crippen LogP contribution in [0.15, 0.2) is 12.4 Å². The summed E-state index contributed by atoms with van der Waals surface area (Å²) in [4.78, 5) is 4.42. The monoisotopic (exact) mass is 221 g/mol. The van der Waals surface area contributed by atoms with Gasteiger partial charge in [0.25, 0.3) is 0 Å². The lowest BCUT2D eigenvalue weighted by Gasteiger charge is -2.31. The average molecular weight is 221 g/mol. The highest BCUT2D eigenvalue weighted by atomic mass is 15.1. The number of nitrogens with zero attached hydrogens (tertiary/aromatic N) is 2. The van der Waals surface area contributed by atoms with Crippen LogP contribution < -0.4 is 5.32 Å². The van der Waals surface area contributed by atoms with E-state index in [0.717, 1.165) is 13.0 Å². The summed E-state index contributed by atoms with van der Waals surface area (Å²) in [7, 11) is 0. The van der Waals surface area contributed by atoms with Gasteiger partial charge in [-0.25, -0.2) is 4.98 Å². The van der Waals surface area contributed by atoms with E-state index in [4.69, 9.17) is 0 Å². The van der Waals surface area contributed by atoms with Crippen LogP contribution in [0.4, 0.5) is 0 Å². The summed E-state index contributed by atoms with van der Waals surface area (Å²) in [5.41, 5.74) is 0. The molecule has 2 unspecified atom stereocenters. The summed E-state index contributed by atoms with van der Waals surface area (Å²) in [6.07, 6.45) is 10.4. The number of hydrogen-bond acceptors (Lipinski definition) is 2. The van der Waals surface area contributed by atoms with Gasteiger partial charge < -0.3 is 9.88 Å². The summed E-state index contributed by atoms with van der Waals surface area (Å²) in [5.74, 6) is 1.24. The molecule has 1 aromatic rings. The normalized spacial score (nSPS) is 25.9. The van der Waals surface area contributed by atoms with Gasteiger partial charge in [0.1, 0.15) is 5.82 Å². The van der Waals surface area contributed by atoms with Gasteiger partial charge in [-0.1, -0.05) is 13.8 Å². The Morgan fingerprint density at radius 3 is 3.06 bits per heavy atom. The molecule has 2 rings (SSSR count). The fourth-order valence-electron chi connectivity index (χ4n) is 2.84. The lowest BCUT2D eigenvalue weighted by molar-refractivity contribution is 0.283. The van der Waals surface area contributed by atoms with Crippen molar-refractivity contribution in [1.29, 1.82) is 0 Å². The minimum Gasteiger partial charge on any atom is -0.332 e. The van der Waals surface area contributed by atoms with Crippen LogP contribution >= 0.6 is 0 Å². The molecule has 16 heavy (non-hydrogen) atoms. The van der Waals surface area contributed by atoms with E-state index < -0.39 is 0 Å². The molecule has 0 aliphatic heterocycles. The first-order valence-electron chi connectivity index (χ1n) is 6.60. The second-order valence-corrected chi connectivity index (χ2v) is 4.68. The van der Waals surface area contributed by atoms with Crippen LogP contribution in [-0.4, -0.2) is 22.1 Å². The molecular weight excluding hydrogens is 198 g/mol. The van der Waals surface area contributed by atoms with Crippen molar-refractivity contribution in [2.24, 2.45) is 0 Å². The van der Waals surface area contributed by atoms with Crippen molar-refractivity contribution >= 4 is 0 Å². The second-order valence-electron chi connectivity index (χ2n) is 4.68. The van der Waals surface area contributed by atoms with Gasteiger partial charge in [-0.3, -0.25) is 0 Å². The lowest BCUT2D eigenvalue weighted by atomic mass is 9.90. The van der Waals surface area contributed by atoms with Gasteiger partial charge in [-0.15, -0.1) is 0 Å². The zero-order valence-electron chi connectivity index (χ0n) is 10.4. The maximum absolute atomic E-state index is 4.42. The Kier molecular flexibility index (Phi) is 3.99. The van der Waals surface area contributed by atoms with Gasteiger partial charge in [-0.2, -0.15) is 0 Å². The number of aromatic nitrogens is 2. The number of aryl methyl sites for hydroxylation is 1. The molecule has 1 aliphatic carbocycles. The molecule has 0 spiro atoms. The summed E-state index contributed by atoms with van der Waals surface area (Å²) >= 11 is 0. The van der Waals surface area contributed by atoms with E-state index in [-0.39, 0.29) is 0 Å². The number of imidazole rings is 1. The third kappa shape index (κ3) is 2.46. The molecule has 0 radical (unpaired) electrons. The fourth-order valence-corrected chi connectivity index (χ4v) is 2.84. The molecule has 0 saturated heterocycles. The van der Waals surface area contributed by atoms with Crippen molar-refractivity contribution in [3.63, 3.8) is 0 Å². The predicted molar refractivity (Wildman–Crippen MR) is 66.6 cm³/mol. The van der Waals surface area contributed by atoms with Crippen LogP contribution in [0.25, 0.3) is 0 Å². The van der Waals surface area contributed by atoms with Crippen molar-refractivity contribution in [1.82, 2.24) is 14.9 Å². The maximum Gasteiger partial charge on any atom is 0.108 e. The SMILES string of the molecule is CCNC1CCCC(n2ccnc2CC)C1. The fraction of sp³-hybridized carbons (Fsp3) is 0.769. The van der Waals surface area contributed by atoms with Crippen molar-refractivity contribution in [2.75, 3.05) is 6.54 Å². The molecule has 1 aliphatic rings. The summed E-state index contributed by atoms with van der Waals surface area (Å²) < 4.78 is 2.39. The van der Waals surface area contributed by atoms with E-state index in [2.05, 4.69) is 34.9 Å². The molecular formula is C13H23N3. The highest BCUT2D eigenvalue weighted by Gasteiger charge is 2.23. The Morgan fingerprint density at radius 2 is 2.31 bits per heavy atom. The van der Waals surface area contributed by atoms with Gasteiger partial charge in [0, 0.05) is 30.9 Å². The zero-order valence-corrected chi connectivity index (χ0v) is 10.4. The molecule has 0 amide bonds. The molecule has 1 N–H and O–H groups in total. The van der Waals surface area contributed by atoms with Crippen LogP contribution in [0.5, 0.6) is 0 Å². The van der Waals surface area contributed by atoms with E-state index in [1.165, 1.54) is 31.5 Å². The van der Waals surface area contributed by atoms with Crippen molar-refractivity contribution in [3.05, 3.63) is 18.2 Å². The second kappa shape index (κ2) is 5.48. The number of rotatable bonds is 4. The van der Waals surface area contributed by atoms with E-state index in [9.17, 15) is 0 Å².